The molecular weight excluding hydrogens is 104 g/mol. The summed E-state index contributed by atoms with van der Waals surface area (Å²) in [6.45, 7) is 0. The molecule has 0 radical (unpaired) electrons. The lowest BCUT2D eigenvalue weighted by Crippen LogP contribution is -1.63. The molecule has 0 aromatic rings. The number of rotatable bonds is 3. The van der Waals surface area contributed by atoms with Crippen molar-refractivity contribution in [2.24, 2.45) is 0 Å². The van der Waals surface area contributed by atoms with Crippen molar-refractivity contribution < 1.29 is 9.47 Å². The molecule has 0 aromatic heterocycles. The molecule has 8 heavy (non-hydrogen) atoms. The molecule has 0 rings (SSSR count). The molecule has 46 valence electrons. The maximum absolute atomic E-state index is 4.60. The highest BCUT2D eigenvalue weighted by Crippen LogP contribution is 1.76. The number of allylic oxidation sites excluding steroid dienone is 2. The zero-order chi connectivity index (χ0) is 6.24. The number of ether oxygens (including phenoxy) is 2. The van der Waals surface area contributed by atoms with Crippen molar-refractivity contribution in [2.45, 2.75) is 0 Å². The first-order valence-electron chi connectivity index (χ1n) is 2.29. The van der Waals surface area contributed by atoms with Crippen molar-refractivity contribution in [1.82, 2.24) is 0 Å². The SMILES string of the molecule is COC=C/C=C/OC. The van der Waals surface area contributed by atoms with Crippen LogP contribution in [-0.4, -0.2) is 14.2 Å². The fourth-order valence-electron chi connectivity index (χ4n) is 0.248. The molecule has 0 aromatic carbocycles. The van der Waals surface area contributed by atoms with Crippen LogP contribution in [0.5, 0.6) is 0 Å². The fourth-order valence-corrected chi connectivity index (χ4v) is 0.248. The third-order valence-corrected chi connectivity index (χ3v) is 0.540. The second-order valence-electron chi connectivity index (χ2n) is 1.13. The van der Waals surface area contributed by atoms with Crippen molar-refractivity contribution in [3.63, 3.8) is 0 Å². The molecule has 0 saturated carbocycles. The summed E-state index contributed by atoms with van der Waals surface area (Å²) in [6, 6.07) is 0. The fraction of sp³-hybridized carbons (Fsp3) is 0.333. The zero-order valence-corrected chi connectivity index (χ0v) is 5.13. The summed E-state index contributed by atoms with van der Waals surface area (Å²) in [5, 5.41) is 0. The first kappa shape index (κ1) is 7.08. The molecule has 0 saturated heterocycles. The molecule has 0 aliphatic heterocycles. The van der Waals surface area contributed by atoms with Gasteiger partial charge in [-0.25, -0.2) is 0 Å². The van der Waals surface area contributed by atoms with Gasteiger partial charge in [0.1, 0.15) is 0 Å². The van der Waals surface area contributed by atoms with Crippen molar-refractivity contribution in [3.05, 3.63) is 24.7 Å². The number of methoxy groups -OCH3 is 2. The van der Waals surface area contributed by atoms with Gasteiger partial charge in [0.2, 0.25) is 0 Å². The first-order valence-corrected chi connectivity index (χ1v) is 2.29. The predicted octanol–water partition coefficient (Wildman–Crippen LogP) is 1.31. The van der Waals surface area contributed by atoms with Gasteiger partial charge in [-0.05, 0) is 12.2 Å². The zero-order valence-electron chi connectivity index (χ0n) is 5.13. The Balaban J connectivity index is 3.13. The number of hydrogen-bond acceptors (Lipinski definition) is 2. The molecule has 0 N–H and O–H groups in total. The van der Waals surface area contributed by atoms with Crippen molar-refractivity contribution >= 4 is 0 Å². The lowest BCUT2D eigenvalue weighted by Gasteiger charge is -1.82. The first-order chi connectivity index (χ1) is 3.91. The second-order valence-corrected chi connectivity index (χ2v) is 1.13. The van der Waals surface area contributed by atoms with Crippen LogP contribution >= 0.6 is 0 Å². The summed E-state index contributed by atoms with van der Waals surface area (Å²) >= 11 is 0. The minimum atomic E-state index is 1.56. The quantitative estimate of drug-likeness (QED) is 0.407. The van der Waals surface area contributed by atoms with Crippen LogP contribution in [0.3, 0.4) is 0 Å². The van der Waals surface area contributed by atoms with E-state index in [-0.39, 0.29) is 0 Å². The predicted molar refractivity (Wildman–Crippen MR) is 32.3 cm³/mol. The summed E-state index contributed by atoms with van der Waals surface area (Å²) in [5.74, 6) is 0. The molecule has 0 heterocycles. The summed E-state index contributed by atoms with van der Waals surface area (Å²) in [7, 11) is 3.19. The van der Waals surface area contributed by atoms with Gasteiger partial charge in [-0.2, -0.15) is 0 Å². The Morgan fingerprint density at radius 2 is 1.25 bits per heavy atom. The van der Waals surface area contributed by atoms with Gasteiger partial charge in [0.15, 0.2) is 0 Å². The molecule has 2 heteroatoms. The Labute approximate surface area is 49.4 Å². The summed E-state index contributed by atoms with van der Waals surface area (Å²) in [6.07, 6.45) is 6.61. The van der Waals surface area contributed by atoms with Gasteiger partial charge in [0.05, 0.1) is 26.7 Å². The van der Waals surface area contributed by atoms with Gasteiger partial charge in [-0.3, -0.25) is 0 Å². The largest absolute Gasteiger partial charge is 0.504 e. The Morgan fingerprint density at radius 3 is 1.50 bits per heavy atom. The average molecular weight is 114 g/mol. The third kappa shape index (κ3) is 5.08. The molecule has 0 bridgehead atoms. The van der Waals surface area contributed by atoms with Gasteiger partial charge in [-0.15, -0.1) is 0 Å². The Morgan fingerprint density at radius 1 is 0.875 bits per heavy atom. The van der Waals surface area contributed by atoms with E-state index in [0.717, 1.165) is 0 Å². The second kappa shape index (κ2) is 6.08. The van der Waals surface area contributed by atoms with Crippen LogP contribution in [0.4, 0.5) is 0 Å². The smallest absolute Gasteiger partial charge is 0.0825 e. The highest BCUT2D eigenvalue weighted by atomic mass is 16.5. The average Bonchev–Trinajstić information content (AvgIpc) is 1.81. The summed E-state index contributed by atoms with van der Waals surface area (Å²) < 4.78 is 9.20. The highest BCUT2D eigenvalue weighted by Gasteiger charge is 1.60. The van der Waals surface area contributed by atoms with E-state index in [4.69, 9.17) is 0 Å². The van der Waals surface area contributed by atoms with E-state index in [1.165, 1.54) is 0 Å². The summed E-state index contributed by atoms with van der Waals surface area (Å²) in [4.78, 5) is 0. The molecule has 2 nitrogen and oxygen atoms in total. The maximum Gasteiger partial charge on any atom is 0.0825 e. The van der Waals surface area contributed by atoms with Crippen LogP contribution in [0.25, 0.3) is 0 Å². The minimum absolute atomic E-state index is 1.56. The molecule has 0 atom stereocenters. The van der Waals surface area contributed by atoms with Gasteiger partial charge in [0.25, 0.3) is 0 Å². The van der Waals surface area contributed by atoms with E-state index in [2.05, 4.69) is 9.47 Å². The van der Waals surface area contributed by atoms with Gasteiger partial charge in [-0.1, -0.05) is 0 Å². The Hall–Kier alpha value is -0.920. The Kier molecular flexibility index (Phi) is 5.38. The lowest BCUT2D eigenvalue weighted by atomic mass is 10.6. The number of hydrogen-bond donors (Lipinski definition) is 0. The van der Waals surface area contributed by atoms with E-state index < -0.39 is 0 Å². The van der Waals surface area contributed by atoms with Crippen LogP contribution in [0.15, 0.2) is 24.7 Å². The third-order valence-electron chi connectivity index (χ3n) is 0.540. The van der Waals surface area contributed by atoms with Gasteiger partial charge in [0, 0.05) is 0 Å². The van der Waals surface area contributed by atoms with Crippen LogP contribution in [0.2, 0.25) is 0 Å². The van der Waals surface area contributed by atoms with E-state index in [1.54, 1.807) is 38.9 Å². The topological polar surface area (TPSA) is 18.5 Å². The van der Waals surface area contributed by atoms with E-state index in [9.17, 15) is 0 Å². The van der Waals surface area contributed by atoms with E-state index in [1.807, 2.05) is 0 Å². The Bertz CT molecular complexity index is 72.5. The van der Waals surface area contributed by atoms with Crippen molar-refractivity contribution in [2.75, 3.05) is 14.2 Å². The van der Waals surface area contributed by atoms with Crippen LogP contribution in [0, 0.1) is 0 Å². The summed E-state index contributed by atoms with van der Waals surface area (Å²) in [5.41, 5.74) is 0. The van der Waals surface area contributed by atoms with Crippen LogP contribution < -0.4 is 0 Å². The van der Waals surface area contributed by atoms with Crippen molar-refractivity contribution in [3.8, 4) is 0 Å². The normalized spacial score (nSPS) is 10.8. The molecule has 0 amide bonds. The standard InChI is InChI=1S/C6H10O2/c1-7-5-3-4-6-8-2/h3-6H,1-2H3/b5-3+,6-4?. The molecule has 0 spiro atoms. The molecule has 0 unspecified atom stereocenters. The molecule has 0 fully saturated rings. The van der Waals surface area contributed by atoms with Gasteiger partial charge < -0.3 is 9.47 Å². The highest BCUT2D eigenvalue weighted by molar-refractivity contribution is 4.95. The van der Waals surface area contributed by atoms with Gasteiger partial charge >= 0.3 is 0 Å². The monoisotopic (exact) mass is 114 g/mol. The van der Waals surface area contributed by atoms with E-state index >= 15 is 0 Å². The van der Waals surface area contributed by atoms with E-state index in [0.29, 0.717) is 0 Å². The van der Waals surface area contributed by atoms with Crippen LogP contribution in [0.1, 0.15) is 0 Å². The minimum Gasteiger partial charge on any atom is -0.504 e. The lowest BCUT2D eigenvalue weighted by molar-refractivity contribution is 0.333. The molecular formula is C6H10O2. The molecule has 0 aliphatic rings. The maximum atomic E-state index is 4.60. The molecule has 0 aliphatic carbocycles. The van der Waals surface area contributed by atoms with Crippen molar-refractivity contribution in [1.29, 1.82) is 0 Å². The van der Waals surface area contributed by atoms with Crippen LogP contribution in [-0.2, 0) is 9.47 Å².